The largest absolute Gasteiger partial charge is 0.469 e. The predicted molar refractivity (Wildman–Crippen MR) is 172 cm³/mol. The zero-order valence-corrected chi connectivity index (χ0v) is 28.4. The molecule has 0 heterocycles. The van der Waals surface area contributed by atoms with Crippen LogP contribution in [0.1, 0.15) is 117 Å². The normalized spacial score (nSPS) is 22.0. The number of allylic oxidation sites excluding steroid dienone is 1. The van der Waals surface area contributed by atoms with Crippen molar-refractivity contribution in [3.05, 3.63) is 24.3 Å². The molecule has 0 aromatic carbocycles. The molecule has 0 aromatic heterocycles. The molecule has 262 valence electrons. The van der Waals surface area contributed by atoms with Crippen molar-refractivity contribution < 1.29 is 53.3 Å². The van der Waals surface area contributed by atoms with Gasteiger partial charge in [-0.05, 0) is 31.1 Å². The lowest BCUT2D eigenvalue weighted by Crippen LogP contribution is -2.29. The van der Waals surface area contributed by atoms with Gasteiger partial charge in [0.1, 0.15) is 6.61 Å². The Labute approximate surface area is 269 Å². The third-order valence-corrected chi connectivity index (χ3v) is 8.49. The Kier molecular flexibility index (Phi) is 21.8. The van der Waals surface area contributed by atoms with E-state index >= 15 is 0 Å². The van der Waals surface area contributed by atoms with E-state index in [1.165, 1.54) is 19.3 Å². The smallest absolute Gasteiger partial charge is 0.461 e. The van der Waals surface area contributed by atoms with Crippen molar-refractivity contribution in [2.24, 2.45) is 17.8 Å². The fraction of sp³-hybridized carbons (Fsp3) is 0.818. The summed E-state index contributed by atoms with van der Waals surface area (Å²) >= 11 is 0. The first-order chi connectivity index (χ1) is 21.3. The van der Waals surface area contributed by atoms with Crippen LogP contribution in [0.2, 0.25) is 0 Å². The molecule has 1 saturated carbocycles. The van der Waals surface area contributed by atoms with Gasteiger partial charge in [0.2, 0.25) is 0 Å². The van der Waals surface area contributed by atoms with Crippen LogP contribution in [0.25, 0.3) is 0 Å². The van der Waals surface area contributed by atoms with Crippen molar-refractivity contribution in [2.45, 2.75) is 141 Å². The average molecular weight is 663 g/mol. The zero-order chi connectivity index (χ0) is 33.7. The number of aliphatic hydroxyl groups excluding tert-OH is 3. The minimum Gasteiger partial charge on any atom is -0.461 e. The first-order valence-electron chi connectivity index (χ1n) is 16.7. The molecule has 0 aliphatic heterocycles. The number of esters is 2. The summed E-state index contributed by atoms with van der Waals surface area (Å²) < 4.78 is 26.1. The summed E-state index contributed by atoms with van der Waals surface area (Å²) in [5.41, 5.74) is 0. The number of ether oxygens (including phenoxy) is 2. The van der Waals surface area contributed by atoms with Gasteiger partial charge in [0, 0.05) is 18.8 Å². The Morgan fingerprint density at radius 3 is 2.22 bits per heavy atom. The second-order valence-corrected chi connectivity index (χ2v) is 13.8. The lowest BCUT2D eigenvalue weighted by molar-refractivity contribution is -0.160. The summed E-state index contributed by atoms with van der Waals surface area (Å²) in [6.45, 7) is 5.46. The molecule has 0 spiro atoms. The lowest BCUT2D eigenvalue weighted by atomic mass is 9.89. The van der Waals surface area contributed by atoms with Gasteiger partial charge in [0.15, 0.2) is 6.10 Å². The highest BCUT2D eigenvalue weighted by Crippen LogP contribution is 2.37. The summed E-state index contributed by atoms with van der Waals surface area (Å²) in [4.78, 5) is 42.7. The second-order valence-electron chi connectivity index (χ2n) is 12.6. The summed E-state index contributed by atoms with van der Waals surface area (Å²) in [5, 5.41) is 31.0. The fourth-order valence-corrected chi connectivity index (χ4v) is 5.77. The highest BCUT2D eigenvalue weighted by Gasteiger charge is 2.39. The maximum Gasteiger partial charge on any atom is 0.469 e. The quantitative estimate of drug-likeness (QED) is 0.0360. The molecule has 0 bridgehead atoms. The van der Waals surface area contributed by atoms with E-state index in [0.717, 1.165) is 38.5 Å². The van der Waals surface area contributed by atoms with Gasteiger partial charge in [-0.1, -0.05) is 103 Å². The van der Waals surface area contributed by atoms with E-state index in [9.17, 15) is 29.5 Å². The molecule has 12 heteroatoms. The Bertz CT molecular complexity index is 916. The van der Waals surface area contributed by atoms with Gasteiger partial charge in [0.05, 0.1) is 31.3 Å². The van der Waals surface area contributed by atoms with Crippen LogP contribution in [0.3, 0.4) is 0 Å². The van der Waals surface area contributed by atoms with Gasteiger partial charge in [-0.3, -0.25) is 14.1 Å². The van der Waals surface area contributed by atoms with Gasteiger partial charge in [-0.2, -0.15) is 0 Å². The summed E-state index contributed by atoms with van der Waals surface area (Å²) in [6.07, 6.45) is 15.1. The third kappa shape index (κ3) is 21.0. The van der Waals surface area contributed by atoms with E-state index in [1.54, 1.807) is 24.3 Å². The van der Waals surface area contributed by atoms with Gasteiger partial charge >= 0.3 is 19.8 Å². The SMILES string of the molecule is CCCCC[C@@H](O)/C=C/[C@@H]1[C@H](C/C=C\CC(=O)OC[C@H](COP(=O)(O)O)OC(=O)CCCCCCCCC(C)C)[C@@H](O)C[C@H]1O. The average Bonchev–Trinajstić information content (AvgIpc) is 3.23. The highest BCUT2D eigenvalue weighted by molar-refractivity contribution is 7.46. The number of carbonyl (C=O) groups is 2. The second kappa shape index (κ2) is 23.7. The molecule has 1 aliphatic carbocycles. The molecule has 45 heavy (non-hydrogen) atoms. The Morgan fingerprint density at radius 2 is 1.56 bits per heavy atom. The van der Waals surface area contributed by atoms with Crippen LogP contribution in [0, 0.1) is 17.8 Å². The molecule has 0 saturated heterocycles. The summed E-state index contributed by atoms with van der Waals surface area (Å²) in [7, 11) is -4.82. The summed E-state index contributed by atoms with van der Waals surface area (Å²) in [5.74, 6) is -1.09. The van der Waals surface area contributed by atoms with Crippen LogP contribution in [-0.2, 0) is 28.2 Å². The number of hydrogen-bond donors (Lipinski definition) is 5. The minimum absolute atomic E-state index is 0.112. The summed E-state index contributed by atoms with van der Waals surface area (Å²) in [6, 6.07) is 0. The van der Waals surface area contributed by atoms with Crippen molar-refractivity contribution in [3.63, 3.8) is 0 Å². The van der Waals surface area contributed by atoms with Crippen molar-refractivity contribution >= 4 is 19.8 Å². The number of aliphatic hydroxyl groups is 3. The van der Waals surface area contributed by atoms with Crippen molar-refractivity contribution in [1.29, 1.82) is 0 Å². The molecule has 1 rings (SSSR count). The molecule has 0 aromatic rings. The number of phosphoric acid groups is 1. The van der Waals surface area contributed by atoms with Crippen LogP contribution in [0.5, 0.6) is 0 Å². The van der Waals surface area contributed by atoms with Crippen LogP contribution in [0.15, 0.2) is 24.3 Å². The molecule has 0 radical (unpaired) electrons. The third-order valence-electron chi connectivity index (χ3n) is 8.00. The maximum absolute atomic E-state index is 12.3. The topological polar surface area (TPSA) is 180 Å². The van der Waals surface area contributed by atoms with Crippen LogP contribution in [0.4, 0.5) is 0 Å². The monoisotopic (exact) mass is 662 g/mol. The Morgan fingerprint density at radius 1 is 0.889 bits per heavy atom. The highest BCUT2D eigenvalue weighted by atomic mass is 31.2. The van der Waals surface area contributed by atoms with E-state index < -0.39 is 57.4 Å². The number of phosphoric ester groups is 1. The van der Waals surface area contributed by atoms with E-state index in [4.69, 9.17) is 19.3 Å². The molecule has 6 atom stereocenters. The van der Waals surface area contributed by atoms with E-state index in [1.807, 2.05) is 0 Å². The van der Waals surface area contributed by atoms with Crippen molar-refractivity contribution in [3.8, 4) is 0 Å². The van der Waals surface area contributed by atoms with Crippen LogP contribution >= 0.6 is 7.82 Å². The predicted octanol–water partition coefficient (Wildman–Crippen LogP) is 5.52. The lowest BCUT2D eigenvalue weighted by Gasteiger charge is -2.19. The van der Waals surface area contributed by atoms with Gasteiger partial charge < -0.3 is 34.6 Å². The number of rotatable bonds is 25. The molecular weight excluding hydrogens is 603 g/mol. The van der Waals surface area contributed by atoms with Crippen LogP contribution in [-0.4, -0.2) is 74.7 Å². The molecule has 1 aliphatic rings. The Balaban J connectivity index is 2.49. The molecule has 0 amide bonds. The standard InChI is InChI=1S/C33H59O11P/c1-4-5-10-16-26(34)20-21-29-28(30(35)22-31(29)36)17-13-14-18-32(37)42-23-27(24-43-45(39,40)41)44-33(38)19-12-9-7-6-8-11-15-25(2)3/h13-14,20-21,25-31,34-36H,4-12,15-19,22-24H2,1-3H3,(H2,39,40,41)/b14-13-,21-20+/t26-,27-,28+,29-,30+,31-/m1/s1. The van der Waals surface area contributed by atoms with E-state index in [2.05, 4.69) is 25.3 Å². The zero-order valence-electron chi connectivity index (χ0n) is 27.5. The molecular formula is C33H59O11P. The first-order valence-corrected chi connectivity index (χ1v) is 18.3. The molecule has 11 nitrogen and oxygen atoms in total. The fourth-order valence-electron chi connectivity index (χ4n) is 5.41. The number of unbranched alkanes of at least 4 members (excludes halogenated alkanes) is 7. The first kappa shape index (κ1) is 41.4. The van der Waals surface area contributed by atoms with Crippen molar-refractivity contribution in [2.75, 3.05) is 13.2 Å². The number of carbonyl (C=O) groups excluding carboxylic acids is 2. The van der Waals surface area contributed by atoms with Crippen molar-refractivity contribution in [1.82, 2.24) is 0 Å². The minimum atomic E-state index is -4.82. The van der Waals surface area contributed by atoms with Gasteiger partial charge in [-0.25, -0.2) is 4.57 Å². The van der Waals surface area contributed by atoms with Gasteiger partial charge in [0.25, 0.3) is 0 Å². The molecule has 0 unspecified atom stereocenters. The molecule has 1 fully saturated rings. The Hall–Kier alpha value is -1.59. The van der Waals surface area contributed by atoms with Gasteiger partial charge in [-0.15, -0.1) is 0 Å². The van der Waals surface area contributed by atoms with E-state index in [-0.39, 0.29) is 31.1 Å². The number of hydrogen-bond acceptors (Lipinski definition) is 9. The molecule has 5 N–H and O–H groups in total. The van der Waals surface area contributed by atoms with E-state index in [0.29, 0.717) is 25.2 Å². The van der Waals surface area contributed by atoms with Crippen LogP contribution < -0.4 is 0 Å². The maximum atomic E-state index is 12.3.